The first-order chi connectivity index (χ1) is 14.9. The molecule has 0 radical (unpaired) electrons. The van der Waals surface area contributed by atoms with Gasteiger partial charge < -0.3 is 24.3 Å². The minimum atomic E-state index is -1.00. The Balaban J connectivity index is 3.08. The van der Waals surface area contributed by atoms with E-state index in [2.05, 4.69) is 5.32 Å². The summed E-state index contributed by atoms with van der Waals surface area (Å²) in [6.07, 6.45) is 0.668. The Labute approximate surface area is 184 Å². The van der Waals surface area contributed by atoms with Gasteiger partial charge in [0.15, 0.2) is 12.2 Å². The molecule has 0 aromatic rings. The number of hydrogen-bond donors (Lipinski definition) is 1. The van der Waals surface area contributed by atoms with Gasteiger partial charge in [-0.25, -0.2) is 0 Å². The zero-order chi connectivity index (χ0) is 23.2. The molecule has 4 atom stereocenters. The van der Waals surface area contributed by atoms with Crippen LogP contribution in [0.15, 0.2) is 0 Å². The van der Waals surface area contributed by atoms with Crippen molar-refractivity contribution in [1.82, 2.24) is 5.32 Å². The second kappa shape index (κ2) is 14.8. The zero-order valence-electron chi connectivity index (χ0n) is 19.1. The van der Waals surface area contributed by atoms with Crippen LogP contribution in [0.2, 0.25) is 0 Å². The third kappa shape index (κ3) is 9.67. The molecule has 0 aliphatic carbocycles. The average molecular weight is 444 g/mol. The lowest BCUT2D eigenvalue weighted by atomic mass is 9.97. The number of nitrogens with one attached hydrogen (secondary N) is 1. The van der Waals surface area contributed by atoms with Crippen LogP contribution in [0, 0.1) is 0 Å². The molecular formula is C22H37NO8. The number of esters is 3. The minimum absolute atomic E-state index is 0.0390. The summed E-state index contributed by atoms with van der Waals surface area (Å²) in [5.41, 5.74) is 0. The number of ether oxygens (including phenoxy) is 4. The molecule has 9 nitrogen and oxygen atoms in total. The Morgan fingerprint density at radius 1 is 0.774 bits per heavy atom. The van der Waals surface area contributed by atoms with Crippen molar-refractivity contribution in [3.8, 4) is 0 Å². The van der Waals surface area contributed by atoms with Crippen LogP contribution in [0.5, 0.6) is 0 Å². The van der Waals surface area contributed by atoms with Gasteiger partial charge in [0.25, 0.3) is 0 Å². The topological polar surface area (TPSA) is 117 Å². The first-order valence-corrected chi connectivity index (χ1v) is 11.3. The van der Waals surface area contributed by atoms with Crippen LogP contribution >= 0.6 is 0 Å². The van der Waals surface area contributed by atoms with Gasteiger partial charge in [0.05, 0.1) is 12.6 Å². The third-order valence-electron chi connectivity index (χ3n) is 4.71. The van der Waals surface area contributed by atoms with Crippen LogP contribution in [0.25, 0.3) is 0 Å². The van der Waals surface area contributed by atoms with Gasteiger partial charge in [-0.05, 0) is 25.7 Å². The van der Waals surface area contributed by atoms with Gasteiger partial charge in [-0.2, -0.15) is 0 Å². The van der Waals surface area contributed by atoms with Gasteiger partial charge in [-0.1, -0.05) is 27.7 Å². The number of amides is 1. The maximum absolute atomic E-state index is 12.3. The highest BCUT2D eigenvalue weighted by atomic mass is 16.6. The fourth-order valence-corrected chi connectivity index (χ4v) is 3.20. The monoisotopic (exact) mass is 443 g/mol. The van der Waals surface area contributed by atoms with Crippen molar-refractivity contribution in [1.29, 1.82) is 0 Å². The Morgan fingerprint density at radius 2 is 1.29 bits per heavy atom. The summed E-state index contributed by atoms with van der Waals surface area (Å²) in [7, 11) is 0. The van der Waals surface area contributed by atoms with E-state index in [1.807, 2.05) is 27.7 Å². The van der Waals surface area contributed by atoms with E-state index in [-0.39, 0.29) is 44.4 Å². The number of carbonyl (C=O) groups excluding carboxylic acids is 4. The molecular weight excluding hydrogens is 406 g/mol. The third-order valence-corrected chi connectivity index (χ3v) is 4.71. The van der Waals surface area contributed by atoms with Gasteiger partial charge in [0, 0.05) is 25.7 Å². The van der Waals surface area contributed by atoms with Crippen molar-refractivity contribution in [2.75, 3.05) is 13.2 Å². The highest BCUT2D eigenvalue weighted by Crippen LogP contribution is 2.24. The lowest BCUT2D eigenvalue weighted by molar-refractivity contribution is -0.209. The fourth-order valence-electron chi connectivity index (χ4n) is 3.20. The van der Waals surface area contributed by atoms with Crippen LogP contribution in [-0.4, -0.2) is 61.4 Å². The first kappa shape index (κ1) is 26.9. The predicted octanol–water partition coefficient (Wildman–Crippen LogP) is 2.44. The van der Waals surface area contributed by atoms with E-state index in [0.29, 0.717) is 32.1 Å². The highest BCUT2D eigenvalue weighted by Gasteiger charge is 2.46. The van der Waals surface area contributed by atoms with Gasteiger partial charge in [0.2, 0.25) is 5.91 Å². The van der Waals surface area contributed by atoms with Crippen molar-refractivity contribution < 1.29 is 38.1 Å². The summed E-state index contributed by atoms with van der Waals surface area (Å²) in [5.74, 6) is -1.53. The predicted molar refractivity (Wildman–Crippen MR) is 112 cm³/mol. The molecule has 0 bridgehead atoms. The molecule has 1 saturated heterocycles. The van der Waals surface area contributed by atoms with E-state index in [1.54, 1.807) is 0 Å². The molecule has 0 aromatic carbocycles. The SMILES string of the molecule is CCCC(=O)N[C@@H]1CO[C@H](COC(=O)CCC)[C@@H](OC(=O)CCC)[C@@H]1OC(=O)CCC. The average Bonchev–Trinajstić information content (AvgIpc) is 2.70. The molecule has 0 spiro atoms. The van der Waals surface area contributed by atoms with Crippen molar-refractivity contribution >= 4 is 23.8 Å². The van der Waals surface area contributed by atoms with Gasteiger partial charge in [0.1, 0.15) is 12.7 Å². The van der Waals surface area contributed by atoms with Gasteiger partial charge in [-0.3, -0.25) is 19.2 Å². The van der Waals surface area contributed by atoms with Gasteiger partial charge in [-0.15, -0.1) is 0 Å². The zero-order valence-corrected chi connectivity index (χ0v) is 19.1. The number of hydrogen-bond acceptors (Lipinski definition) is 8. The van der Waals surface area contributed by atoms with E-state index in [9.17, 15) is 19.2 Å². The summed E-state index contributed by atoms with van der Waals surface area (Å²) in [6, 6.07) is -0.679. The highest BCUT2D eigenvalue weighted by molar-refractivity contribution is 5.76. The lowest BCUT2D eigenvalue weighted by Gasteiger charge is -2.41. The maximum atomic E-state index is 12.3. The second-order valence-corrected chi connectivity index (χ2v) is 7.64. The summed E-state index contributed by atoms with van der Waals surface area (Å²) in [6.45, 7) is 7.33. The Morgan fingerprint density at radius 3 is 1.84 bits per heavy atom. The van der Waals surface area contributed by atoms with E-state index in [1.165, 1.54) is 0 Å². The molecule has 1 aliphatic rings. The molecule has 1 amide bonds. The molecule has 0 saturated carbocycles. The van der Waals surface area contributed by atoms with Crippen LogP contribution in [0.4, 0.5) is 0 Å². The van der Waals surface area contributed by atoms with E-state index in [4.69, 9.17) is 18.9 Å². The van der Waals surface area contributed by atoms with Crippen LogP contribution in [-0.2, 0) is 38.1 Å². The molecule has 1 fully saturated rings. The molecule has 31 heavy (non-hydrogen) atoms. The van der Waals surface area contributed by atoms with Crippen molar-refractivity contribution in [2.45, 2.75) is 103 Å². The molecule has 0 unspecified atom stereocenters. The molecule has 1 aliphatic heterocycles. The second-order valence-electron chi connectivity index (χ2n) is 7.64. The van der Waals surface area contributed by atoms with Gasteiger partial charge >= 0.3 is 17.9 Å². The lowest BCUT2D eigenvalue weighted by Crippen LogP contribution is -2.62. The summed E-state index contributed by atoms with van der Waals surface area (Å²) in [4.78, 5) is 48.6. The van der Waals surface area contributed by atoms with Crippen molar-refractivity contribution in [3.63, 3.8) is 0 Å². The molecule has 0 aromatic heterocycles. The number of rotatable bonds is 13. The van der Waals surface area contributed by atoms with Crippen LogP contribution < -0.4 is 5.32 Å². The summed E-state index contributed by atoms with van der Waals surface area (Å²) in [5, 5.41) is 2.82. The maximum Gasteiger partial charge on any atom is 0.306 e. The van der Waals surface area contributed by atoms with Crippen LogP contribution in [0.3, 0.4) is 0 Å². The molecule has 9 heteroatoms. The Kier molecular flexibility index (Phi) is 12.8. The normalized spacial score (nSPS) is 23.0. The molecule has 1 N–H and O–H groups in total. The quantitative estimate of drug-likeness (QED) is 0.341. The smallest absolute Gasteiger partial charge is 0.306 e. The largest absolute Gasteiger partial charge is 0.463 e. The standard InChI is InChI=1S/C22H37NO8/c1-5-9-17(24)23-15-13-28-16(14-29-18(25)10-6-2)22(31-20(27)12-8-4)21(15)30-19(26)11-7-3/h15-16,21-22H,5-14H2,1-4H3,(H,23,24)/t15-,16-,21-,22-/m1/s1. The van der Waals surface area contributed by atoms with E-state index < -0.39 is 36.3 Å². The van der Waals surface area contributed by atoms with Crippen molar-refractivity contribution in [2.24, 2.45) is 0 Å². The summed E-state index contributed by atoms with van der Waals surface area (Å²) < 4.78 is 22.3. The minimum Gasteiger partial charge on any atom is -0.463 e. The van der Waals surface area contributed by atoms with Crippen LogP contribution in [0.1, 0.15) is 79.1 Å². The Hall–Kier alpha value is -2.16. The molecule has 178 valence electrons. The molecule has 1 heterocycles. The first-order valence-electron chi connectivity index (χ1n) is 11.3. The fraction of sp³-hybridized carbons (Fsp3) is 0.818. The van der Waals surface area contributed by atoms with E-state index >= 15 is 0 Å². The Bertz CT molecular complexity index is 594. The number of carbonyl (C=O) groups is 4. The van der Waals surface area contributed by atoms with Crippen molar-refractivity contribution in [3.05, 3.63) is 0 Å². The summed E-state index contributed by atoms with van der Waals surface area (Å²) >= 11 is 0. The molecule has 1 rings (SSSR count). The van der Waals surface area contributed by atoms with E-state index in [0.717, 1.165) is 0 Å².